The number of fused-ring (bicyclic) bond motifs is 1. The first-order chi connectivity index (χ1) is 22.3. The number of benzene rings is 2. The van der Waals surface area contributed by atoms with Crippen molar-refractivity contribution in [2.75, 3.05) is 7.05 Å². The lowest BCUT2D eigenvalue weighted by atomic mass is 9.96. The Hall–Kier alpha value is -5.19. The molecule has 0 atom stereocenters. The predicted octanol–water partition coefficient (Wildman–Crippen LogP) is 8.76. The van der Waals surface area contributed by atoms with E-state index in [1.807, 2.05) is 34.6 Å². The molecule has 0 saturated heterocycles. The summed E-state index contributed by atoms with van der Waals surface area (Å²) in [5.41, 5.74) is 1.50. The number of pyridine rings is 2. The van der Waals surface area contributed by atoms with Crippen LogP contribution in [0.5, 0.6) is 11.6 Å². The number of furan rings is 1. The summed E-state index contributed by atoms with van der Waals surface area (Å²) in [6.07, 6.45) is -4.37. The van der Waals surface area contributed by atoms with E-state index in [1.54, 1.807) is 79.0 Å². The molecule has 2 N–H and O–H groups in total. The van der Waals surface area contributed by atoms with Gasteiger partial charge in [0.2, 0.25) is 11.6 Å². The Morgan fingerprint density at radius 3 is 2.23 bits per heavy atom. The molecule has 11 heteroatoms. The van der Waals surface area contributed by atoms with Crippen LogP contribution in [0.2, 0.25) is 0 Å². The van der Waals surface area contributed by atoms with Gasteiger partial charge >= 0.3 is 6.18 Å². The van der Waals surface area contributed by atoms with Crippen molar-refractivity contribution in [3.05, 3.63) is 95.8 Å². The first-order valence-corrected chi connectivity index (χ1v) is 15.2. The number of hydrogen-bond donors (Lipinski definition) is 2. The highest BCUT2D eigenvalue weighted by Crippen LogP contribution is 2.38. The lowest BCUT2D eigenvalue weighted by Crippen LogP contribution is -2.40. The van der Waals surface area contributed by atoms with Gasteiger partial charge in [-0.1, -0.05) is 32.0 Å². The van der Waals surface area contributed by atoms with Crippen molar-refractivity contribution in [3.63, 3.8) is 0 Å². The minimum absolute atomic E-state index is 0.0139. The summed E-state index contributed by atoms with van der Waals surface area (Å²) in [5.74, 6) is 0.302. The van der Waals surface area contributed by atoms with E-state index in [-0.39, 0.29) is 28.6 Å². The molecule has 0 radical (unpaired) electrons. The second-order valence-electron chi connectivity index (χ2n) is 11.4. The van der Waals surface area contributed by atoms with Gasteiger partial charge < -0.3 is 19.8 Å². The molecule has 0 fully saturated rings. The van der Waals surface area contributed by atoms with Gasteiger partial charge in [0.1, 0.15) is 11.5 Å². The Balaban J connectivity index is 0.00000245. The topological polar surface area (TPSA) is 106 Å². The zero-order chi connectivity index (χ0) is 34.4. The number of amides is 2. The van der Waals surface area contributed by atoms with Crippen LogP contribution >= 0.6 is 0 Å². The smallest absolute Gasteiger partial charge is 0.389 e. The average Bonchev–Trinajstić information content (AvgIpc) is 3.42. The summed E-state index contributed by atoms with van der Waals surface area (Å²) >= 11 is 0. The monoisotopic (exact) mass is 646 g/mol. The van der Waals surface area contributed by atoms with Crippen LogP contribution in [0, 0.1) is 0 Å². The Labute approximate surface area is 271 Å². The quantitative estimate of drug-likeness (QED) is 0.175. The van der Waals surface area contributed by atoms with Crippen molar-refractivity contribution in [3.8, 4) is 34.1 Å². The Bertz CT molecular complexity index is 1850. The van der Waals surface area contributed by atoms with Crippen LogP contribution < -0.4 is 15.4 Å². The molecular formula is C36H37F3N4O4. The highest BCUT2D eigenvalue weighted by Gasteiger charge is 2.29. The summed E-state index contributed by atoms with van der Waals surface area (Å²) in [7, 11) is 1.47. The van der Waals surface area contributed by atoms with Gasteiger partial charge in [-0.15, -0.1) is 0 Å². The van der Waals surface area contributed by atoms with Gasteiger partial charge in [0, 0.05) is 48.0 Å². The molecule has 5 rings (SSSR count). The van der Waals surface area contributed by atoms with Crippen LogP contribution in [0.1, 0.15) is 67.4 Å². The van der Waals surface area contributed by atoms with Crippen LogP contribution in [0.15, 0.2) is 83.4 Å². The minimum atomic E-state index is -4.43. The van der Waals surface area contributed by atoms with Gasteiger partial charge in [0.15, 0.2) is 0 Å². The van der Waals surface area contributed by atoms with E-state index in [0.717, 1.165) is 0 Å². The molecule has 3 aromatic heterocycles. The molecule has 2 amide bonds. The molecule has 5 aromatic rings. The predicted molar refractivity (Wildman–Crippen MR) is 176 cm³/mol. The molecule has 0 aliphatic heterocycles. The van der Waals surface area contributed by atoms with Gasteiger partial charge in [-0.05, 0) is 81.3 Å². The SMILES string of the molecule is CC.CNC(=O)c1c(-c2ccc(Oc3ccccn3)cc2)oc2nc(CCC(F)(F)F)c(-c3cccc(C(=O)NC(C)(C)C)c3)cc12. The lowest BCUT2D eigenvalue weighted by molar-refractivity contribution is -0.134. The molecule has 0 bridgehead atoms. The maximum Gasteiger partial charge on any atom is 0.389 e. The van der Waals surface area contributed by atoms with Crippen molar-refractivity contribution in [2.45, 2.75) is 59.2 Å². The molecule has 0 unspecified atom stereocenters. The van der Waals surface area contributed by atoms with Crippen LogP contribution in [0.3, 0.4) is 0 Å². The molecular weight excluding hydrogens is 609 g/mol. The second-order valence-corrected chi connectivity index (χ2v) is 11.4. The highest BCUT2D eigenvalue weighted by atomic mass is 19.4. The van der Waals surface area contributed by atoms with Crippen molar-refractivity contribution in [1.29, 1.82) is 0 Å². The van der Waals surface area contributed by atoms with Crippen LogP contribution in [-0.4, -0.2) is 40.5 Å². The number of hydrogen-bond acceptors (Lipinski definition) is 6. The third-order valence-electron chi connectivity index (χ3n) is 6.76. The molecule has 0 spiro atoms. The number of carbonyl (C=O) groups is 2. The fraction of sp³-hybridized carbons (Fsp3) is 0.278. The van der Waals surface area contributed by atoms with Gasteiger partial charge in [-0.25, -0.2) is 9.97 Å². The van der Waals surface area contributed by atoms with E-state index < -0.39 is 30.5 Å². The van der Waals surface area contributed by atoms with E-state index in [0.29, 0.717) is 39.3 Å². The van der Waals surface area contributed by atoms with Crippen molar-refractivity contribution < 1.29 is 31.9 Å². The standard InChI is InChI=1S/C34H31F3N4O4.C2H6/c1-33(2,3)41-30(42)22-9-7-8-21(18-22)24-19-25-28(31(43)38-4)29(45-32(25)40-26(24)15-16-34(35,36)37)20-11-13-23(14-12-20)44-27-10-5-6-17-39-27;1-2/h5-14,17-19H,15-16H2,1-4H3,(H,38,43)(H,41,42);1-2H3. The Kier molecular flexibility index (Phi) is 10.7. The maximum atomic E-state index is 13.4. The Morgan fingerprint density at radius 2 is 1.62 bits per heavy atom. The molecule has 47 heavy (non-hydrogen) atoms. The van der Waals surface area contributed by atoms with Gasteiger partial charge in [-0.3, -0.25) is 9.59 Å². The first-order valence-electron chi connectivity index (χ1n) is 15.2. The van der Waals surface area contributed by atoms with Crippen LogP contribution in [0.25, 0.3) is 33.6 Å². The summed E-state index contributed by atoms with van der Waals surface area (Å²) < 4.78 is 51.9. The molecule has 3 heterocycles. The van der Waals surface area contributed by atoms with Gasteiger partial charge in [0.25, 0.3) is 11.8 Å². The number of aromatic nitrogens is 2. The fourth-order valence-corrected chi connectivity index (χ4v) is 4.76. The summed E-state index contributed by atoms with van der Waals surface area (Å²) in [6, 6.07) is 20.2. The number of aryl methyl sites for hydroxylation is 1. The number of carbonyl (C=O) groups excluding carboxylic acids is 2. The molecule has 8 nitrogen and oxygen atoms in total. The van der Waals surface area contributed by atoms with Gasteiger partial charge in [0.05, 0.1) is 16.6 Å². The van der Waals surface area contributed by atoms with Gasteiger partial charge in [-0.2, -0.15) is 13.2 Å². The Morgan fingerprint density at radius 1 is 0.894 bits per heavy atom. The van der Waals surface area contributed by atoms with Crippen LogP contribution in [-0.2, 0) is 6.42 Å². The molecule has 0 saturated carbocycles. The summed E-state index contributed by atoms with van der Waals surface area (Å²) in [5, 5.41) is 5.82. The number of alkyl halides is 3. The summed E-state index contributed by atoms with van der Waals surface area (Å²) in [4.78, 5) is 34.8. The third-order valence-corrected chi connectivity index (χ3v) is 6.76. The maximum absolute atomic E-state index is 13.4. The largest absolute Gasteiger partial charge is 0.439 e. The van der Waals surface area contributed by atoms with E-state index in [1.165, 1.54) is 7.05 Å². The van der Waals surface area contributed by atoms with Crippen molar-refractivity contribution >= 4 is 22.9 Å². The number of nitrogens with zero attached hydrogens (tertiary/aromatic N) is 2. The third kappa shape index (κ3) is 8.75. The first kappa shape index (κ1) is 34.7. The zero-order valence-corrected chi connectivity index (χ0v) is 27.1. The molecule has 0 aliphatic rings. The van der Waals surface area contributed by atoms with E-state index in [2.05, 4.69) is 20.6 Å². The van der Waals surface area contributed by atoms with E-state index >= 15 is 0 Å². The summed E-state index contributed by atoms with van der Waals surface area (Å²) in [6.45, 7) is 9.54. The minimum Gasteiger partial charge on any atom is -0.439 e. The lowest BCUT2D eigenvalue weighted by Gasteiger charge is -2.20. The molecule has 246 valence electrons. The number of nitrogens with one attached hydrogen (secondary N) is 2. The number of rotatable bonds is 8. The molecule has 2 aromatic carbocycles. The van der Waals surface area contributed by atoms with Crippen LogP contribution in [0.4, 0.5) is 13.2 Å². The fourth-order valence-electron chi connectivity index (χ4n) is 4.76. The number of halogens is 3. The van der Waals surface area contributed by atoms with Crippen molar-refractivity contribution in [1.82, 2.24) is 20.6 Å². The molecule has 0 aliphatic carbocycles. The average molecular weight is 647 g/mol. The number of ether oxygens (including phenoxy) is 1. The second kappa shape index (κ2) is 14.5. The highest BCUT2D eigenvalue weighted by molar-refractivity contribution is 6.11. The van der Waals surface area contributed by atoms with E-state index in [9.17, 15) is 22.8 Å². The zero-order valence-electron chi connectivity index (χ0n) is 27.1. The normalized spacial score (nSPS) is 11.4. The van der Waals surface area contributed by atoms with E-state index in [4.69, 9.17) is 9.15 Å². The van der Waals surface area contributed by atoms with Crippen molar-refractivity contribution in [2.24, 2.45) is 0 Å².